The third-order valence-corrected chi connectivity index (χ3v) is 3.24. The molecule has 4 heteroatoms. The minimum absolute atomic E-state index is 0.107. The number of hydrogen-bond acceptors (Lipinski definition) is 2. The van der Waals surface area contributed by atoms with Crippen LogP contribution in [0.2, 0.25) is 5.02 Å². The van der Waals surface area contributed by atoms with Gasteiger partial charge in [-0.05, 0) is 25.8 Å². The third-order valence-electron chi connectivity index (χ3n) is 2.93. The zero-order valence-corrected chi connectivity index (χ0v) is 10.0. The minimum Gasteiger partial charge on any atom is -0.349 e. The highest BCUT2D eigenvalue weighted by Gasteiger charge is 2.19. The Morgan fingerprint density at radius 2 is 2.19 bits per heavy atom. The number of pyridine rings is 1. The second-order valence-electron chi connectivity index (χ2n) is 4.26. The fourth-order valence-corrected chi connectivity index (χ4v) is 2.32. The van der Waals surface area contributed by atoms with Crippen LogP contribution >= 0.6 is 11.6 Å². The molecule has 3 nitrogen and oxygen atoms in total. The van der Waals surface area contributed by atoms with Gasteiger partial charge in [0.25, 0.3) is 5.91 Å². The average Bonchev–Trinajstić information content (AvgIpc) is 2.70. The van der Waals surface area contributed by atoms with Crippen LogP contribution < -0.4 is 5.32 Å². The summed E-state index contributed by atoms with van der Waals surface area (Å²) in [5.74, 6) is -0.107. The van der Waals surface area contributed by atoms with Crippen LogP contribution in [0.3, 0.4) is 0 Å². The van der Waals surface area contributed by atoms with E-state index in [0.717, 1.165) is 18.5 Å². The second kappa shape index (κ2) is 4.83. The summed E-state index contributed by atoms with van der Waals surface area (Å²) in [6, 6.07) is 2.02. The van der Waals surface area contributed by atoms with Gasteiger partial charge >= 0.3 is 0 Å². The molecule has 1 fully saturated rings. The van der Waals surface area contributed by atoms with E-state index in [1.165, 1.54) is 12.8 Å². The third kappa shape index (κ3) is 2.53. The zero-order chi connectivity index (χ0) is 11.5. The normalized spacial score (nSPS) is 16.4. The number of carbonyl (C=O) groups excluding carboxylic acids is 1. The Labute approximate surface area is 100 Å². The smallest absolute Gasteiger partial charge is 0.254 e. The fraction of sp³-hybridized carbons (Fsp3) is 0.500. The van der Waals surface area contributed by atoms with Gasteiger partial charge in [0.05, 0.1) is 10.6 Å². The van der Waals surface area contributed by atoms with Crippen molar-refractivity contribution in [1.29, 1.82) is 0 Å². The summed E-state index contributed by atoms with van der Waals surface area (Å²) in [5.41, 5.74) is 1.29. The molecule has 0 unspecified atom stereocenters. The van der Waals surface area contributed by atoms with Crippen molar-refractivity contribution in [2.24, 2.45) is 0 Å². The van der Waals surface area contributed by atoms with Crippen LogP contribution in [0.25, 0.3) is 0 Å². The molecular weight excluding hydrogens is 224 g/mol. The largest absolute Gasteiger partial charge is 0.349 e. The van der Waals surface area contributed by atoms with Crippen molar-refractivity contribution in [1.82, 2.24) is 10.3 Å². The van der Waals surface area contributed by atoms with Crippen LogP contribution in [0.1, 0.15) is 41.7 Å². The standard InChI is InChI=1S/C12H15ClN2O/c1-8-6-11(13)10(7-14-8)12(16)15-9-4-2-3-5-9/h6-7,9H,2-5H2,1H3,(H,15,16). The predicted molar refractivity (Wildman–Crippen MR) is 63.7 cm³/mol. The van der Waals surface area contributed by atoms with E-state index >= 15 is 0 Å². The van der Waals surface area contributed by atoms with Crippen molar-refractivity contribution in [3.8, 4) is 0 Å². The summed E-state index contributed by atoms with van der Waals surface area (Å²) in [7, 11) is 0. The lowest BCUT2D eigenvalue weighted by molar-refractivity contribution is 0.0937. The Bertz CT molecular complexity index is 400. The molecule has 1 aliphatic rings. The molecule has 2 rings (SSSR count). The molecule has 0 atom stereocenters. The topological polar surface area (TPSA) is 42.0 Å². The Morgan fingerprint density at radius 1 is 1.50 bits per heavy atom. The summed E-state index contributed by atoms with van der Waals surface area (Å²) < 4.78 is 0. The molecule has 0 aromatic carbocycles. The maximum absolute atomic E-state index is 11.9. The quantitative estimate of drug-likeness (QED) is 0.861. The molecule has 0 bridgehead atoms. The highest BCUT2D eigenvalue weighted by Crippen LogP contribution is 2.20. The molecule has 1 saturated carbocycles. The summed E-state index contributed by atoms with van der Waals surface area (Å²) in [4.78, 5) is 16.0. The molecule has 1 heterocycles. The van der Waals surface area contributed by atoms with Crippen LogP contribution in [-0.2, 0) is 0 Å². The molecular formula is C12H15ClN2O. The van der Waals surface area contributed by atoms with Gasteiger partial charge in [-0.1, -0.05) is 24.4 Å². The molecule has 1 amide bonds. The Morgan fingerprint density at radius 3 is 2.81 bits per heavy atom. The fourth-order valence-electron chi connectivity index (χ4n) is 2.03. The molecule has 1 aromatic heterocycles. The lowest BCUT2D eigenvalue weighted by atomic mass is 10.2. The number of hydrogen-bond donors (Lipinski definition) is 1. The summed E-state index contributed by atoms with van der Waals surface area (Å²) in [5, 5.41) is 3.47. The van der Waals surface area contributed by atoms with Crippen molar-refractivity contribution in [3.05, 3.63) is 28.5 Å². The average molecular weight is 239 g/mol. The van der Waals surface area contributed by atoms with Crippen LogP contribution in [0.5, 0.6) is 0 Å². The van der Waals surface area contributed by atoms with Crippen LogP contribution in [-0.4, -0.2) is 16.9 Å². The first kappa shape index (κ1) is 11.4. The van der Waals surface area contributed by atoms with Gasteiger partial charge in [-0.25, -0.2) is 0 Å². The maximum Gasteiger partial charge on any atom is 0.254 e. The molecule has 0 aliphatic heterocycles. The highest BCUT2D eigenvalue weighted by atomic mass is 35.5. The van der Waals surface area contributed by atoms with Crippen molar-refractivity contribution < 1.29 is 4.79 Å². The van der Waals surface area contributed by atoms with E-state index in [2.05, 4.69) is 10.3 Å². The minimum atomic E-state index is -0.107. The van der Waals surface area contributed by atoms with Crippen molar-refractivity contribution in [3.63, 3.8) is 0 Å². The van der Waals surface area contributed by atoms with Gasteiger partial charge in [0.15, 0.2) is 0 Å². The van der Waals surface area contributed by atoms with Gasteiger partial charge in [0.2, 0.25) is 0 Å². The Hall–Kier alpha value is -1.09. The number of amides is 1. The lowest BCUT2D eigenvalue weighted by Gasteiger charge is -2.12. The molecule has 16 heavy (non-hydrogen) atoms. The monoisotopic (exact) mass is 238 g/mol. The van der Waals surface area contributed by atoms with Crippen molar-refractivity contribution in [2.75, 3.05) is 0 Å². The van der Waals surface area contributed by atoms with E-state index in [1.807, 2.05) is 6.92 Å². The number of nitrogens with one attached hydrogen (secondary N) is 1. The second-order valence-corrected chi connectivity index (χ2v) is 4.67. The number of halogens is 1. The van der Waals surface area contributed by atoms with Crippen molar-refractivity contribution >= 4 is 17.5 Å². The lowest BCUT2D eigenvalue weighted by Crippen LogP contribution is -2.32. The van der Waals surface area contributed by atoms with Gasteiger partial charge < -0.3 is 5.32 Å². The van der Waals surface area contributed by atoms with Gasteiger partial charge in [0.1, 0.15) is 0 Å². The SMILES string of the molecule is Cc1cc(Cl)c(C(=O)NC2CCCC2)cn1. The first-order valence-electron chi connectivity index (χ1n) is 5.60. The van der Waals surface area contributed by atoms with E-state index in [-0.39, 0.29) is 5.91 Å². The molecule has 1 aromatic rings. The predicted octanol–water partition coefficient (Wildman–Crippen LogP) is 2.72. The Kier molecular flexibility index (Phi) is 3.44. The van der Waals surface area contributed by atoms with E-state index in [0.29, 0.717) is 16.6 Å². The van der Waals surface area contributed by atoms with E-state index in [1.54, 1.807) is 12.3 Å². The molecule has 0 radical (unpaired) electrons. The summed E-state index contributed by atoms with van der Waals surface area (Å²) in [6.07, 6.45) is 6.09. The van der Waals surface area contributed by atoms with E-state index < -0.39 is 0 Å². The van der Waals surface area contributed by atoms with Gasteiger partial charge in [-0.3, -0.25) is 9.78 Å². The molecule has 0 saturated heterocycles. The van der Waals surface area contributed by atoms with Gasteiger partial charge in [-0.2, -0.15) is 0 Å². The summed E-state index contributed by atoms with van der Waals surface area (Å²) >= 11 is 6.01. The summed E-state index contributed by atoms with van der Waals surface area (Å²) in [6.45, 7) is 1.85. The first-order chi connectivity index (χ1) is 7.66. The van der Waals surface area contributed by atoms with Crippen LogP contribution in [0.4, 0.5) is 0 Å². The number of aromatic nitrogens is 1. The number of aryl methyl sites for hydroxylation is 1. The van der Waals surface area contributed by atoms with Crippen LogP contribution in [0, 0.1) is 6.92 Å². The van der Waals surface area contributed by atoms with E-state index in [4.69, 9.17) is 11.6 Å². The van der Waals surface area contributed by atoms with E-state index in [9.17, 15) is 4.79 Å². The zero-order valence-electron chi connectivity index (χ0n) is 9.29. The van der Waals surface area contributed by atoms with Gasteiger partial charge in [-0.15, -0.1) is 0 Å². The maximum atomic E-state index is 11.9. The number of carbonyl (C=O) groups is 1. The highest BCUT2D eigenvalue weighted by molar-refractivity contribution is 6.33. The number of rotatable bonds is 2. The molecule has 1 N–H and O–H groups in total. The Balaban J connectivity index is 2.08. The molecule has 1 aliphatic carbocycles. The first-order valence-corrected chi connectivity index (χ1v) is 5.97. The van der Waals surface area contributed by atoms with Crippen molar-refractivity contribution in [2.45, 2.75) is 38.6 Å². The molecule has 0 spiro atoms. The van der Waals surface area contributed by atoms with Gasteiger partial charge in [0, 0.05) is 17.9 Å². The number of nitrogens with zero attached hydrogens (tertiary/aromatic N) is 1. The molecule has 86 valence electrons. The van der Waals surface area contributed by atoms with Crippen LogP contribution in [0.15, 0.2) is 12.3 Å².